The summed E-state index contributed by atoms with van der Waals surface area (Å²) < 4.78 is 0. The Morgan fingerprint density at radius 3 is 2.24 bits per heavy atom. The summed E-state index contributed by atoms with van der Waals surface area (Å²) >= 11 is 1.16. The molecule has 0 aromatic carbocycles. The van der Waals surface area contributed by atoms with E-state index in [9.17, 15) is 9.59 Å². The summed E-state index contributed by atoms with van der Waals surface area (Å²) in [5.41, 5.74) is 0.236. The Hall–Kier alpha value is -1.36. The van der Waals surface area contributed by atoms with Gasteiger partial charge in [0, 0.05) is 0 Å². The van der Waals surface area contributed by atoms with E-state index in [4.69, 9.17) is 5.11 Å². The first kappa shape index (κ1) is 13.3. The molecule has 4 saturated carbocycles. The fraction of sp³-hybridized carbons (Fsp3) is 0.625. The van der Waals surface area contributed by atoms with Crippen LogP contribution in [0.4, 0.5) is 5.69 Å². The minimum atomic E-state index is -0.967. The molecular weight excluding hydrogens is 286 g/mol. The number of carbonyl (C=O) groups is 2. The van der Waals surface area contributed by atoms with E-state index in [-0.39, 0.29) is 16.2 Å². The topological polar surface area (TPSA) is 66.4 Å². The average molecular weight is 305 g/mol. The third kappa shape index (κ3) is 2.09. The second kappa shape index (κ2) is 4.57. The SMILES string of the molecule is O=C(O)c1sccc1NC(=O)C12CC3CC(CC(C3)C1)C2. The van der Waals surface area contributed by atoms with Crippen LogP contribution in [0.5, 0.6) is 0 Å². The zero-order valence-corrected chi connectivity index (χ0v) is 12.6. The van der Waals surface area contributed by atoms with Gasteiger partial charge in [-0.3, -0.25) is 4.79 Å². The van der Waals surface area contributed by atoms with Crippen molar-refractivity contribution >= 4 is 28.9 Å². The maximum atomic E-state index is 12.8. The maximum absolute atomic E-state index is 12.8. The molecule has 4 aliphatic carbocycles. The summed E-state index contributed by atoms with van der Waals surface area (Å²) in [7, 11) is 0. The van der Waals surface area contributed by atoms with E-state index >= 15 is 0 Å². The zero-order chi connectivity index (χ0) is 14.6. The van der Waals surface area contributed by atoms with Crippen molar-refractivity contribution in [3.63, 3.8) is 0 Å². The molecule has 4 fully saturated rings. The van der Waals surface area contributed by atoms with Crippen LogP contribution in [0.25, 0.3) is 0 Å². The Labute approximate surface area is 127 Å². The molecule has 1 amide bonds. The summed E-state index contributed by atoms with van der Waals surface area (Å²) in [6.07, 6.45) is 6.88. The van der Waals surface area contributed by atoms with Crippen molar-refractivity contribution in [3.8, 4) is 0 Å². The predicted octanol–water partition coefficient (Wildman–Crippen LogP) is 3.60. The molecule has 5 rings (SSSR count). The molecule has 1 aromatic heterocycles. The van der Waals surface area contributed by atoms with Gasteiger partial charge in [0.1, 0.15) is 4.88 Å². The van der Waals surface area contributed by atoms with Crippen molar-refractivity contribution in [1.82, 2.24) is 0 Å². The van der Waals surface area contributed by atoms with E-state index in [2.05, 4.69) is 5.32 Å². The van der Waals surface area contributed by atoms with Gasteiger partial charge in [0.05, 0.1) is 11.1 Å². The van der Waals surface area contributed by atoms with E-state index < -0.39 is 5.97 Å². The van der Waals surface area contributed by atoms with Gasteiger partial charge in [-0.05, 0) is 67.7 Å². The van der Waals surface area contributed by atoms with Crippen LogP contribution in [0.2, 0.25) is 0 Å². The summed E-state index contributed by atoms with van der Waals surface area (Å²) in [6.45, 7) is 0. The summed E-state index contributed by atoms with van der Waals surface area (Å²) in [4.78, 5) is 24.2. The normalized spacial score (nSPS) is 36.7. The maximum Gasteiger partial charge on any atom is 0.348 e. The molecule has 1 heterocycles. The van der Waals surface area contributed by atoms with Gasteiger partial charge in [0.25, 0.3) is 0 Å². The van der Waals surface area contributed by atoms with Crippen LogP contribution < -0.4 is 5.32 Å². The second-order valence-electron chi connectivity index (χ2n) is 7.12. The quantitative estimate of drug-likeness (QED) is 0.896. The van der Waals surface area contributed by atoms with Gasteiger partial charge < -0.3 is 10.4 Å². The lowest BCUT2D eigenvalue weighted by Gasteiger charge is -2.55. The van der Waals surface area contributed by atoms with Crippen molar-refractivity contribution in [3.05, 3.63) is 16.3 Å². The van der Waals surface area contributed by atoms with Gasteiger partial charge in [0.2, 0.25) is 5.91 Å². The Morgan fingerprint density at radius 2 is 1.71 bits per heavy atom. The van der Waals surface area contributed by atoms with E-state index in [0.29, 0.717) is 23.4 Å². The third-order valence-electron chi connectivity index (χ3n) is 5.63. The Kier molecular flexibility index (Phi) is 2.89. The lowest BCUT2D eigenvalue weighted by atomic mass is 9.49. The summed E-state index contributed by atoms with van der Waals surface area (Å²) in [5, 5.41) is 13.8. The molecule has 0 aliphatic heterocycles. The number of hydrogen-bond acceptors (Lipinski definition) is 3. The Morgan fingerprint density at radius 1 is 1.14 bits per heavy atom. The van der Waals surface area contributed by atoms with Crippen LogP contribution in [0.1, 0.15) is 48.2 Å². The molecule has 0 unspecified atom stereocenters. The number of rotatable bonds is 3. The van der Waals surface area contributed by atoms with E-state index in [1.54, 1.807) is 11.4 Å². The largest absolute Gasteiger partial charge is 0.477 e. The number of aromatic carboxylic acids is 1. The van der Waals surface area contributed by atoms with Gasteiger partial charge in [-0.1, -0.05) is 0 Å². The van der Waals surface area contributed by atoms with Gasteiger partial charge in [0.15, 0.2) is 0 Å². The molecule has 4 aliphatic rings. The predicted molar refractivity (Wildman–Crippen MR) is 80.5 cm³/mol. The first-order valence-electron chi connectivity index (χ1n) is 7.68. The molecule has 4 bridgehead atoms. The number of amides is 1. The van der Waals surface area contributed by atoms with Crippen LogP contribution in [-0.4, -0.2) is 17.0 Å². The van der Waals surface area contributed by atoms with E-state index in [1.165, 1.54) is 19.3 Å². The minimum absolute atomic E-state index is 0.0579. The molecule has 2 N–H and O–H groups in total. The number of hydrogen-bond donors (Lipinski definition) is 2. The van der Waals surface area contributed by atoms with Crippen molar-refractivity contribution in [2.24, 2.45) is 23.2 Å². The number of carboxylic acid groups (broad SMARTS) is 1. The first-order valence-corrected chi connectivity index (χ1v) is 8.56. The van der Waals surface area contributed by atoms with Gasteiger partial charge in [-0.2, -0.15) is 0 Å². The van der Waals surface area contributed by atoms with Crippen LogP contribution in [0, 0.1) is 23.2 Å². The molecule has 0 saturated heterocycles. The molecule has 21 heavy (non-hydrogen) atoms. The monoisotopic (exact) mass is 305 g/mol. The molecule has 0 radical (unpaired) electrons. The highest BCUT2D eigenvalue weighted by Crippen LogP contribution is 2.60. The highest BCUT2D eigenvalue weighted by molar-refractivity contribution is 7.12. The number of thiophene rings is 1. The van der Waals surface area contributed by atoms with Gasteiger partial charge in [-0.25, -0.2) is 4.79 Å². The number of carboxylic acids is 1. The fourth-order valence-corrected chi connectivity index (χ4v) is 5.90. The van der Waals surface area contributed by atoms with Gasteiger partial charge >= 0.3 is 5.97 Å². The second-order valence-corrected chi connectivity index (χ2v) is 8.04. The summed E-state index contributed by atoms with van der Waals surface area (Å²) in [5.74, 6) is 1.23. The van der Waals surface area contributed by atoms with E-state index in [0.717, 1.165) is 30.6 Å². The highest BCUT2D eigenvalue weighted by atomic mass is 32.1. The number of carbonyl (C=O) groups excluding carboxylic acids is 1. The fourth-order valence-electron chi connectivity index (χ4n) is 5.22. The molecule has 112 valence electrons. The van der Waals surface area contributed by atoms with Crippen LogP contribution >= 0.6 is 11.3 Å². The lowest BCUT2D eigenvalue weighted by Crippen LogP contribution is -2.51. The van der Waals surface area contributed by atoms with Crippen molar-refractivity contribution < 1.29 is 14.7 Å². The first-order chi connectivity index (χ1) is 10.1. The molecule has 1 aromatic rings. The molecule has 4 nitrogen and oxygen atoms in total. The Bertz CT molecular complexity index is 571. The van der Waals surface area contributed by atoms with Crippen molar-refractivity contribution in [2.75, 3.05) is 5.32 Å². The summed E-state index contributed by atoms with van der Waals surface area (Å²) in [6, 6.07) is 1.70. The van der Waals surface area contributed by atoms with Crippen LogP contribution in [-0.2, 0) is 4.79 Å². The molecular formula is C16H19NO3S. The van der Waals surface area contributed by atoms with Crippen LogP contribution in [0.3, 0.4) is 0 Å². The van der Waals surface area contributed by atoms with Gasteiger partial charge in [-0.15, -0.1) is 11.3 Å². The van der Waals surface area contributed by atoms with E-state index in [1.807, 2.05) is 0 Å². The third-order valence-corrected chi connectivity index (χ3v) is 6.53. The molecule has 0 atom stereocenters. The molecule has 5 heteroatoms. The Balaban J connectivity index is 1.57. The minimum Gasteiger partial charge on any atom is -0.477 e. The highest BCUT2D eigenvalue weighted by Gasteiger charge is 2.54. The molecule has 0 spiro atoms. The standard InChI is InChI=1S/C16H19NO3S/c18-14(19)13-12(1-2-21-13)17-15(20)16-6-9-3-10(7-16)5-11(4-9)8-16/h1-2,9-11H,3-8H2,(H,17,20)(H,18,19). The van der Waals surface area contributed by atoms with Crippen molar-refractivity contribution in [1.29, 1.82) is 0 Å². The lowest BCUT2D eigenvalue weighted by molar-refractivity contribution is -0.140. The number of nitrogens with one attached hydrogen (secondary N) is 1. The smallest absolute Gasteiger partial charge is 0.348 e. The number of anilines is 1. The zero-order valence-electron chi connectivity index (χ0n) is 11.8. The van der Waals surface area contributed by atoms with Crippen LogP contribution in [0.15, 0.2) is 11.4 Å². The van der Waals surface area contributed by atoms with Crippen molar-refractivity contribution in [2.45, 2.75) is 38.5 Å². The average Bonchev–Trinajstić information content (AvgIpc) is 2.85.